The Hall–Kier alpha value is -2.60. The number of piperazine rings is 1. The van der Waals surface area contributed by atoms with Crippen molar-refractivity contribution in [2.45, 2.75) is 6.54 Å². The molecule has 1 aromatic carbocycles. The zero-order valence-corrected chi connectivity index (χ0v) is 12.8. The summed E-state index contributed by atoms with van der Waals surface area (Å²) < 4.78 is 0. The Morgan fingerprint density at radius 2 is 1.78 bits per heavy atom. The van der Waals surface area contributed by atoms with Crippen LogP contribution in [0.1, 0.15) is 11.1 Å². The largest absolute Gasteiger partial charge is 0.508 e. The summed E-state index contributed by atoms with van der Waals surface area (Å²) >= 11 is 0. The summed E-state index contributed by atoms with van der Waals surface area (Å²) in [6.45, 7) is 4.64. The van der Waals surface area contributed by atoms with Gasteiger partial charge in [0.1, 0.15) is 5.75 Å². The number of aromatic hydroxyl groups is 1. The van der Waals surface area contributed by atoms with Crippen LogP contribution in [0.3, 0.4) is 0 Å². The van der Waals surface area contributed by atoms with E-state index < -0.39 is 0 Å². The number of fused-ring (bicyclic) bond motifs is 1. The van der Waals surface area contributed by atoms with Crippen molar-refractivity contribution < 1.29 is 5.11 Å². The van der Waals surface area contributed by atoms with E-state index in [0.29, 0.717) is 5.75 Å². The molecule has 0 bridgehead atoms. The van der Waals surface area contributed by atoms with Gasteiger partial charge >= 0.3 is 0 Å². The van der Waals surface area contributed by atoms with Crippen LogP contribution in [-0.2, 0) is 6.54 Å². The molecule has 6 heteroatoms. The van der Waals surface area contributed by atoms with Crippen LogP contribution in [0.4, 0.5) is 11.6 Å². The van der Waals surface area contributed by atoms with E-state index in [2.05, 4.69) is 25.3 Å². The van der Waals surface area contributed by atoms with Crippen LogP contribution in [0.2, 0.25) is 0 Å². The average Bonchev–Trinajstić information content (AvgIpc) is 2.62. The Morgan fingerprint density at radius 3 is 2.57 bits per heavy atom. The molecule has 0 amide bonds. The minimum atomic E-state index is 0.294. The maximum atomic E-state index is 9.55. The van der Waals surface area contributed by atoms with Crippen LogP contribution in [0, 0.1) is 0 Å². The highest BCUT2D eigenvalue weighted by Crippen LogP contribution is 2.26. The molecule has 4 rings (SSSR count). The molecule has 0 atom stereocenters. The summed E-state index contributed by atoms with van der Waals surface area (Å²) in [5.74, 6) is 2.06. The molecule has 0 unspecified atom stereocenters. The maximum Gasteiger partial charge on any atom is 0.155 e. The van der Waals surface area contributed by atoms with E-state index in [9.17, 15) is 5.11 Å². The Morgan fingerprint density at radius 1 is 1.00 bits per heavy atom. The fourth-order valence-corrected chi connectivity index (χ4v) is 2.98. The quantitative estimate of drug-likeness (QED) is 0.878. The lowest BCUT2D eigenvalue weighted by Gasteiger charge is -2.28. The van der Waals surface area contributed by atoms with E-state index >= 15 is 0 Å². The van der Waals surface area contributed by atoms with Crippen LogP contribution in [0.15, 0.2) is 36.5 Å². The monoisotopic (exact) mass is 309 g/mol. The average molecular weight is 309 g/mol. The van der Waals surface area contributed by atoms with Crippen LogP contribution in [0.5, 0.6) is 5.75 Å². The van der Waals surface area contributed by atoms with E-state index in [1.165, 1.54) is 5.56 Å². The van der Waals surface area contributed by atoms with E-state index in [0.717, 1.165) is 49.9 Å². The molecule has 0 saturated carbocycles. The van der Waals surface area contributed by atoms with Crippen molar-refractivity contribution in [3.05, 3.63) is 47.7 Å². The van der Waals surface area contributed by atoms with Gasteiger partial charge in [-0.15, -0.1) is 10.2 Å². The van der Waals surface area contributed by atoms with Crippen molar-refractivity contribution in [1.82, 2.24) is 15.5 Å². The second kappa shape index (κ2) is 5.89. The highest BCUT2D eigenvalue weighted by atomic mass is 16.3. The van der Waals surface area contributed by atoms with Gasteiger partial charge in [0.25, 0.3) is 0 Å². The number of phenolic OH excluding ortho intramolecular Hbond substituents is 1. The Labute approximate surface area is 135 Å². The van der Waals surface area contributed by atoms with Gasteiger partial charge in [-0.1, -0.05) is 6.07 Å². The molecule has 23 heavy (non-hydrogen) atoms. The molecule has 1 fully saturated rings. The molecule has 2 N–H and O–H groups in total. The van der Waals surface area contributed by atoms with E-state index in [4.69, 9.17) is 0 Å². The SMILES string of the molecule is Oc1ccc2c(c1)C=CN(c1ccc(N3CCNCC3)nn1)C2. The van der Waals surface area contributed by atoms with Gasteiger partial charge in [-0.2, -0.15) is 0 Å². The third-order valence-electron chi connectivity index (χ3n) is 4.28. The molecule has 0 radical (unpaired) electrons. The van der Waals surface area contributed by atoms with Gasteiger partial charge in [0.05, 0.1) is 0 Å². The third kappa shape index (κ3) is 2.85. The van der Waals surface area contributed by atoms with Gasteiger partial charge < -0.3 is 20.2 Å². The van der Waals surface area contributed by atoms with Crippen LogP contribution < -0.4 is 15.1 Å². The van der Waals surface area contributed by atoms with E-state index in [1.54, 1.807) is 12.1 Å². The summed E-state index contributed by atoms with van der Waals surface area (Å²) in [6, 6.07) is 9.50. The zero-order valence-electron chi connectivity index (χ0n) is 12.8. The highest BCUT2D eigenvalue weighted by molar-refractivity contribution is 5.64. The molecular formula is C17H19N5O. The van der Waals surface area contributed by atoms with Gasteiger partial charge in [0, 0.05) is 38.9 Å². The molecule has 1 saturated heterocycles. The predicted octanol–water partition coefficient (Wildman–Crippen LogP) is 1.58. The predicted molar refractivity (Wildman–Crippen MR) is 90.4 cm³/mol. The summed E-state index contributed by atoms with van der Waals surface area (Å²) in [7, 11) is 0. The number of anilines is 2. The number of aromatic nitrogens is 2. The number of hydrogen-bond donors (Lipinski definition) is 2. The first kappa shape index (κ1) is 14.0. The number of nitrogens with one attached hydrogen (secondary N) is 1. The summed E-state index contributed by atoms with van der Waals surface area (Å²) in [5.41, 5.74) is 2.21. The third-order valence-corrected chi connectivity index (χ3v) is 4.28. The van der Waals surface area contributed by atoms with Gasteiger partial charge in [-0.25, -0.2) is 0 Å². The lowest BCUT2D eigenvalue weighted by molar-refractivity contribution is 0.475. The normalized spacial score (nSPS) is 17.2. The highest BCUT2D eigenvalue weighted by Gasteiger charge is 2.16. The van der Waals surface area contributed by atoms with Crippen LogP contribution in [0.25, 0.3) is 6.08 Å². The van der Waals surface area contributed by atoms with Crippen LogP contribution in [-0.4, -0.2) is 41.5 Å². The molecule has 3 heterocycles. The first-order valence-electron chi connectivity index (χ1n) is 7.86. The summed E-state index contributed by atoms with van der Waals surface area (Å²) in [5, 5.41) is 21.6. The molecule has 2 aromatic rings. The van der Waals surface area contributed by atoms with Crippen molar-refractivity contribution >= 4 is 17.7 Å². The molecule has 1 aromatic heterocycles. The lowest BCUT2D eigenvalue weighted by Crippen LogP contribution is -2.44. The number of benzene rings is 1. The van der Waals surface area contributed by atoms with Gasteiger partial charge in [-0.3, -0.25) is 0 Å². The molecular weight excluding hydrogens is 290 g/mol. The lowest BCUT2D eigenvalue weighted by atomic mass is 10.0. The fourth-order valence-electron chi connectivity index (χ4n) is 2.98. The topological polar surface area (TPSA) is 64.5 Å². The first-order valence-corrected chi connectivity index (χ1v) is 7.86. The minimum Gasteiger partial charge on any atom is -0.508 e. The zero-order chi connectivity index (χ0) is 15.6. The second-order valence-corrected chi connectivity index (χ2v) is 5.81. The molecule has 118 valence electrons. The summed E-state index contributed by atoms with van der Waals surface area (Å²) in [4.78, 5) is 4.31. The number of phenols is 1. The van der Waals surface area contributed by atoms with Crippen molar-refractivity contribution in [1.29, 1.82) is 0 Å². The van der Waals surface area contributed by atoms with Crippen molar-refractivity contribution in [2.75, 3.05) is 36.0 Å². The fraction of sp³-hybridized carbons (Fsp3) is 0.294. The van der Waals surface area contributed by atoms with Crippen molar-refractivity contribution in [3.63, 3.8) is 0 Å². The van der Waals surface area contributed by atoms with E-state index in [-0.39, 0.29) is 0 Å². The standard InChI is InChI=1S/C17H19N5O/c23-15-2-1-14-12-22(8-5-13(14)11-15)17-4-3-16(19-20-17)21-9-6-18-7-10-21/h1-5,8,11,18,23H,6-7,9-10,12H2. The van der Waals surface area contributed by atoms with Gasteiger partial charge in [-0.05, 0) is 41.5 Å². The molecule has 0 aliphatic carbocycles. The van der Waals surface area contributed by atoms with Gasteiger partial charge in [0.2, 0.25) is 0 Å². The van der Waals surface area contributed by atoms with Crippen molar-refractivity contribution in [3.8, 4) is 5.75 Å². The minimum absolute atomic E-state index is 0.294. The number of hydrogen-bond acceptors (Lipinski definition) is 6. The first-order chi connectivity index (χ1) is 11.3. The van der Waals surface area contributed by atoms with Gasteiger partial charge in [0.15, 0.2) is 11.6 Å². The second-order valence-electron chi connectivity index (χ2n) is 5.81. The Balaban J connectivity index is 1.52. The molecule has 2 aliphatic heterocycles. The van der Waals surface area contributed by atoms with Crippen molar-refractivity contribution in [2.24, 2.45) is 0 Å². The Bertz CT molecular complexity index is 722. The molecule has 6 nitrogen and oxygen atoms in total. The molecule has 0 spiro atoms. The smallest absolute Gasteiger partial charge is 0.155 e. The van der Waals surface area contributed by atoms with Crippen LogP contribution >= 0.6 is 0 Å². The number of rotatable bonds is 2. The molecule has 2 aliphatic rings. The van der Waals surface area contributed by atoms with E-state index in [1.807, 2.05) is 30.5 Å². The summed E-state index contributed by atoms with van der Waals surface area (Å²) in [6.07, 6.45) is 3.97. The Kier molecular flexibility index (Phi) is 3.59. The maximum absolute atomic E-state index is 9.55. The number of nitrogens with zero attached hydrogens (tertiary/aromatic N) is 4.